The number of hydrogen-bond donors (Lipinski definition) is 1. The highest BCUT2D eigenvalue weighted by Gasteiger charge is 2.13. The molecule has 0 bridgehead atoms. The van der Waals surface area contributed by atoms with Crippen molar-refractivity contribution in [1.29, 1.82) is 0 Å². The zero-order valence-electron chi connectivity index (χ0n) is 11.9. The summed E-state index contributed by atoms with van der Waals surface area (Å²) < 4.78 is 14.6. The third-order valence-corrected chi connectivity index (χ3v) is 2.83. The molecule has 0 amide bonds. The van der Waals surface area contributed by atoms with Crippen molar-refractivity contribution in [3.63, 3.8) is 0 Å². The number of nitrogen functional groups attached to an aromatic ring is 1. The van der Waals surface area contributed by atoms with Gasteiger partial charge in [0.05, 0.1) is 18.4 Å². The number of rotatable bonds is 4. The van der Waals surface area contributed by atoms with Gasteiger partial charge in [0, 0.05) is 0 Å². The maximum Gasteiger partial charge on any atom is 0.514 e. The Morgan fingerprint density at radius 2 is 1.82 bits per heavy atom. The molecule has 0 aromatic heterocycles. The monoisotopic (exact) mass is 301 g/mol. The zero-order chi connectivity index (χ0) is 15.9. The Bertz CT molecular complexity index is 669. The summed E-state index contributed by atoms with van der Waals surface area (Å²) in [6.07, 6.45) is -0.905. The van der Waals surface area contributed by atoms with E-state index >= 15 is 0 Å². The third-order valence-electron chi connectivity index (χ3n) is 2.83. The van der Waals surface area contributed by atoms with Gasteiger partial charge in [-0.05, 0) is 23.8 Å². The SMILES string of the molecule is COC(=O)c1ccc(N)c(OC(=O)OCc2ccccc2)c1. The first-order chi connectivity index (χ1) is 10.6. The molecule has 22 heavy (non-hydrogen) atoms. The minimum Gasteiger partial charge on any atom is -0.465 e. The molecule has 6 heteroatoms. The van der Waals surface area contributed by atoms with E-state index < -0.39 is 12.1 Å². The maximum atomic E-state index is 11.7. The lowest BCUT2D eigenvalue weighted by molar-refractivity contribution is 0.0599. The summed E-state index contributed by atoms with van der Waals surface area (Å²) in [4.78, 5) is 23.1. The first-order valence-electron chi connectivity index (χ1n) is 6.46. The van der Waals surface area contributed by atoms with Crippen molar-refractivity contribution in [1.82, 2.24) is 0 Å². The molecule has 0 aliphatic rings. The van der Waals surface area contributed by atoms with Crippen LogP contribution in [0.3, 0.4) is 0 Å². The maximum absolute atomic E-state index is 11.7. The third kappa shape index (κ3) is 3.99. The Balaban J connectivity index is 2.00. The molecule has 0 radical (unpaired) electrons. The van der Waals surface area contributed by atoms with Crippen LogP contribution in [0.1, 0.15) is 15.9 Å². The van der Waals surface area contributed by atoms with E-state index in [4.69, 9.17) is 15.2 Å². The average molecular weight is 301 g/mol. The molecule has 114 valence electrons. The molecule has 0 heterocycles. The van der Waals surface area contributed by atoms with E-state index in [1.165, 1.54) is 25.3 Å². The summed E-state index contributed by atoms with van der Waals surface area (Å²) in [6.45, 7) is 0.0796. The van der Waals surface area contributed by atoms with Gasteiger partial charge < -0.3 is 19.9 Å². The van der Waals surface area contributed by atoms with Crippen LogP contribution in [0, 0.1) is 0 Å². The van der Waals surface area contributed by atoms with Crippen molar-refractivity contribution in [3.8, 4) is 5.75 Å². The molecule has 6 nitrogen and oxygen atoms in total. The Kier molecular flexibility index (Phi) is 4.98. The summed E-state index contributed by atoms with van der Waals surface area (Å²) in [5, 5.41) is 0. The van der Waals surface area contributed by atoms with Crippen LogP contribution in [0.25, 0.3) is 0 Å². The van der Waals surface area contributed by atoms with Gasteiger partial charge >= 0.3 is 12.1 Å². The lowest BCUT2D eigenvalue weighted by Crippen LogP contribution is -2.12. The number of anilines is 1. The number of carbonyl (C=O) groups is 2. The predicted molar refractivity (Wildman–Crippen MR) is 79.4 cm³/mol. The highest BCUT2D eigenvalue weighted by Crippen LogP contribution is 2.23. The number of hydrogen-bond acceptors (Lipinski definition) is 6. The van der Waals surface area contributed by atoms with Gasteiger partial charge in [0.1, 0.15) is 6.61 Å². The molecule has 0 saturated carbocycles. The van der Waals surface area contributed by atoms with Crippen LogP contribution in [0.4, 0.5) is 10.5 Å². The minimum atomic E-state index is -0.905. The lowest BCUT2D eigenvalue weighted by Gasteiger charge is -2.09. The van der Waals surface area contributed by atoms with Crippen LogP contribution in [0.5, 0.6) is 5.75 Å². The van der Waals surface area contributed by atoms with Gasteiger partial charge in [-0.15, -0.1) is 0 Å². The summed E-state index contributed by atoms with van der Waals surface area (Å²) in [7, 11) is 1.26. The molecule has 2 aromatic rings. The first kappa shape index (κ1) is 15.4. The number of ether oxygens (including phenoxy) is 3. The quantitative estimate of drug-likeness (QED) is 0.531. The van der Waals surface area contributed by atoms with E-state index in [0.29, 0.717) is 0 Å². The molecule has 2 rings (SSSR count). The minimum absolute atomic E-state index is 0.0426. The first-order valence-corrected chi connectivity index (χ1v) is 6.46. The fourth-order valence-corrected chi connectivity index (χ4v) is 1.70. The molecule has 0 aliphatic heterocycles. The fourth-order valence-electron chi connectivity index (χ4n) is 1.70. The molecular weight excluding hydrogens is 286 g/mol. The second kappa shape index (κ2) is 7.12. The van der Waals surface area contributed by atoms with Gasteiger partial charge in [0.25, 0.3) is 0 Å². The Labute approximate surface area is 127 Å². The van der Waals surface area contributed by atoms with Gasteiger partial charge in [0.2, 0.25) is 0 Å². The molecule has 2 N–H and O–H groups in total. The van der Waals surface area contributed by atoms with Gasteiger partial charge in [-0.3, -0.25) is 0 Å². The summed E-state index contributed by atoms with van der Waals surface area (Å²) in [5.41, 5.74) is 6.97. The molecule has 0 fully saturated rings. The highest BCUT2D eigenvalue weighted by atomic mass is 16.7. The van der Waals surface area contributed by atoms with Crippen LogP contribution < -0.4 is 10.5 Å². The van der Waals surface area contributed by atoms with Crippen LogP contribution in [-0.2, 0) is 16.1 Å². The fraction of sp³-hybridized carbons (Fsp3) is 0.125. The molecule has 0 unspecified atom stereocenters. The van der Waals surface area contributed by atoms with Crippen molar-refractivity contribution in [2.45, 2.75) is 6.61 Å². The highest BCUT2D eigenvalue weighted by molar-refractivity contribution is 5.90. The molecule has 0 atom stereocenters. The van der Waals surface area contributed by atoms with E-state index in [-0.39, 0.29) is 23.6 Å². The van der Waals surface area contributed by atoms with Crippen LogP contribution in [0.15, 0.2) is 48.5 Å². The van der Waals surface area contributed by atoms with Gasteiger partial charge in [-0.2, -0.15) is 0 Å². The van der Waals surface area contributed by atoms with Gasteiger partial charge in [-0.25, -0.2) is 9.59 Å². The summed E-state index contributed by atoms with van der Waals surface area (Å²) in [5.74, 6) is -0.511. The van der Waals surface area contributed by atoms with Crippen molar-refractivity contribution in [2.24, 2.45) is 0 Å². The topological polar surface area (TPSA) is 87.9 Å². The van der Waals surface area contributed by atoms with E-state index in [2.05, 4.69) is 4.74 Å². The molecule has 0 aliphatic carbocycles. The summed E-state index contributed by atoms with van der Waals surface area (Å²) >= 11 is 0. The number of benzene rings is 2. The number of methoxy groups -OCH3 is 1. The van der Waals surface area contributed by atoms with Crippen molar-refractivity contribution < 1.29 is 23.8 Å². The molecule has 2 aromatic carbocycles. The van der Waals surface area contributed by atoms with Crippen LogP contribution in [0.2, 0.25) is 0 Å². The Hall–Kier alpha value is -3.02. The molecular formula is C16H15NO5. The van der Waals surface area contributed by atoms with E-state index in [1.807, 2.05) is 30.3 Å². The number of carbonyl (C=O) groups excluding carboxylic acids is 2. The van der Waals surface area contributed by atoms with Crippen molar-refractivity contribution >= 4 is 17.8 Å². The normalized spacial score (nSPS) is 9.86. The predicted octanol–water partition coefficient (Wildman–Crippen LogP) is 2.77. The van der Waals surface area contributed by atoms with Gasteiger partial charge in [-0.1, -0.05) is 30.3 Å². The Morgan fingerprint density at radius 1 is 1.09 bits per heavy atom. The zero-order valence-corrected chi connectivity index (χ0v) is 11.9. The second-order valence-corrected chi connectivity index (χ2v) is 4.37. The largest absolute Gasteiger partial charge is 0.514 e. The average Bonchev–Trinajstić information content (AvgIpc) is 2.55. The van der Waals surface area contributed by atoms with E-state index in [0.717, 1.165) is 5.56 Å². The number of esters is 1. The van der Waals surface area contributed by atoms with Gasteiger partial charge in [0.15, 0.2) is 5.75 Å². The van der Waals surface area contributed by atoms with Crippen LogP contribution >= 0.6 is 0 Å². The van der Waals surface area contributed by atoms with E-state index in [1.54, 1.807) is 0 Å². The summed E-state index contributed by atoms with van der Waals surface area (Å²) in [6, 6.07) is 13.4. The van der Waals surface area contributed by atoms with Crippen LogP contribution in [-0.4, -0.2) is 19.2 Å². The van der Waals surface area contributed by atoms with E-state index in [9.17, 15) is 9.59 Å². The number of nitrogens with two attached hydrogens (primary N) is 1. The molecule has 0 spiro atoms. The smallest absolute Gasteiger partial charge is 0.465 e. The van der Waals surface area contributed by atoms with Crippen molar-refractivity contribution in [3.05, 3.63) is 59.7 Å². The Morgan fingerprint density at radius 3 is 2.50 bits per heavy atom. The standard InChI is InChI=1S/C16H15NO5/c1-20-15(18)12-7-8-13(17)14(9-12)22-16(19)21-10-11-5-3-2-4-6-11/h2-9H,10,17H2,1H3. The molecule has 0 saturated heterocycles. The van der Waals surface area contributed by atoms with Crippen molar-refractivity contribution in [2.75, 3.05) is 12.8 Å². The second-order valence-electron chi connectivity index (χ2n) is 4.37. The lowest BCUT2D eigenvalue weighted by atomic mass is 10.2.